The number of carbonyl (C=O) groups excluding carboxylic acids is 1. The highest BCUT2D eigenvalue weighted by atomic mass is 16.5. The summed E-state index contributed by atoms with van der Waals surface area (Å²) in [4.78, 5) is 11.6. The van der Waals surface area contributed by atoms with E-state index in [9.17, 15) is 4.79 Å². The first-order valence-electron chi connectivity index (χ1n) is 5.55. The molecule has 0 unspecified atom stereocenters. The van der Waals surface area contributed by atoms with Crippen LogP contribution in [0.3, 0.4) is 0 Å². The Balaban J connectivity index is 2.34. The van der Waals surface area contributed by atoms with Crippen LogP contribution < -0.4 is 0 Å². The highest BCUT2D eigenvalue weighted by Gasteiger charge is 2.46. The summed E-state index contributed by atoms with van der Waals surface area (Å²) in [5.41, 5.74) is 0.571. The van der Waals surface area contributed by atoms with E-state index >= 15 is 0 Å². The molecule has 1 heterocycles. The van der Waals surface area contributed by atoms with Crippen molar-refractivity contribution < 1.29 is 19.0 Å². The molecule has 0 spiro atoms. The van der Waals surface area contributed by atoms with E-state index in [0.717, 1.165) is 18.4 Å². The Morgan fingerprint density at radius 2 is 2.19 bits per heavy atom. The van der Waals surface area contributed by atoms with Gasteiger partial charge in [0.2, 0.25) is 0 Å². The van der Waals surface area contributed by atoms with Gasteiger partial charge in [-0.15, -0.1) is 0 Å². The van der Waals surface area contributed by atoms with Gasteiger partial charge in [0.05, 0.1) is 26.9 Å². The molecule has 16 heavy (non-hydrogen) atoms. The number of rotatable bonds is 7. The number of esters is 1. The van der Waals surface area contributed by atoms with E-state index in [2.05, 4.69) is 6.58 Å². The lowest BCUT2D eigenvalue weighted by molar-refractivity contribution is -0.184. The molecule has 0 aromatic heterocycles. The van der Waals surface area contributed by atoms with Gasteiger partial charge in [-0.2, -0.15) is 0 Å². The summed E-state index contributed by atoms with van der Waals surface area (Å²) in [5.74, 6) is -0.178. The van der Waals surface area contributed by atoms with Crippen LogP contribution in [0.1, 0.15) is 19.8 Å². The first kappa shape index (κ1) is 13.2. The van der Waals surface area contributed by atoms with E-state index in [0.29, 0.717) is 26.4 Å². The van der Waals surface area contributed by atoms with Crippen LogP contribution in [0.25, 0.3) is 0 Å². The molecule has 1 rings (SSSR count). The van der Waals surface area contributed by atoms with Crippen molar-refractivity contribution in [1.82, 2.24) is 0 Å². The molecular weight excluding hydrogens is 208 g/mol. The third-order valence-electron chi connectivity index (χ3n) is 2.84. The fourth-order valence-electron chi connectivity index (χ4n) is 1.66. The van der Waals surface area contributed by atoms with E-state index in [-0.39, 0.29) is 5.97 Å². The number of carbonyl (C=O) groups is 1. The van der Waals surface area contributed by atoms with Gasteiger partial charge in [-0.25, -0.2) is 0 Å². The second kappa shape index (κ2) is 6.01. The van der Waals surface area contributed by atoms with Gasteiger partial charge in [0, 0.05) is 6.61 Å². The van der Waals surface area contributed by atoms with E-state index in [1.54, 1.807) is 0 Å². The second-order valence-corrected chi connectivity index (χ2v) is 4.15. The first-order chi connectivity index (χ1) is 7.64. The van der Waals surface area contributed by atoms with Gasteiger partial charge in [-0.1, -0.05) is 12.2 Å². The van der Waals surface area contributed by atoms with Gasteiger partial charge < -0.3 is 14.2 Å². The molecule has 1 aliphatic rings. The molecule has 0 saturated carbocycles. The second-order valence-electron chi connectivity index (χ2n) is 4.15. The van der Waals surface area contributed by atoms with E-state index in [4.69, 9.17) is 14.2 Å². The molecule has 4 nitrogen and oxygen atoms in total. The van der Waals surface area contributed by atoms with Crippen molar-refractivity contribution in [2.75, 3.05) is 33.5 Å². The zero-order valence-corrected chi connectivity index (χ0v) is 10.1. The minimum atomic E-state index is -0.441. The molecule has 0 N–H and O–H groups in total. The number of methoxy groups -OCH3 is 1. The van der Waals surface area contributed by atoms with Crippen molar-refractivity contribution >= 4 is 5.97 Å². The fourth-order valence-corrected chi connectivity index (χ4v) is 1.66. The Morgan fingerprint density at radius 1 is 1.50 bits per heavy atom. The summed E-state index contributed by atoms with van der Waals surface area (Å²) < 4.78 is 15.2. The molecule has 0 amide bonds. The number of ether oxygens (including phenoxy) is 3. The summed E-state index contributed by atoms with van der Waals surface area (Å²) in [7, 11) is 1.41. The third-order valence-corrected chi connectivity index (χ3v) is 2.84. The minimum Gasteiger partial charge on any atom is -0.468 e. The molecule has 4 heteroatoms. The van der Waals surface area contributed by atoms with Crippen LogP contribution in [0.15, 0.2) is 12.2 Å². The summed E-state index contributed by atoms with van der Waals surface area (Å²) in [5, 5.41) is 0. The number of hydrogen-bond donors (Lipinski definition) is 0. The van der Waals surface area contributed by atoms with Gasteiger partial charge >= 0.3 is 5.97 Å². The van der Waals surface area contributed by atoms with E-state index in [1.165, 1.54) is 7.11 Å². The molecule has 0 bridgehead atoms. The van der Waals surface area contributed by atoms with Gasteiger partial charge in [0.25, 0.3) is 0 Å². The van der Waals surface area contributed by atoms with E-state index in [1.807, 2.05) is 6.92 Å². The molecular formula is C12H20O4. The van der Waals surface area contributed by atoms with Crippen molar-refractivity contribution in [3.63, 3.8) is 0 Å². The van der Waals surface area contributed by atoms with Gasteiger partial charge in [0.1, 0.15) is 5.41 Å². The predicted octanol–water partition coefficient (Wildman–Crippen LogP) is 1.55. The molecule has 1 fully saturated rings. The largest absolute Gasteiger partial charge is 0.468 e. The van der Waals surface area contributed by atoms with Gasteiger partial charge in [0.15, 0.2) is 0 Å². The van der Waals surface area contributed by atoms with Crippen molar-refractivity contribution in [1.29, 1.82) is 0 Å². The van der Waals surface area contributed by atoms with Crippen LogP contribution >= 0.6 is 0 Å². The Hall–Kier alpha value is -0.870. The maximum absolute atomic E-state index is 11.6. The Labute approximate surface area is 96.6 Å². The van der Waals surface area contributed by atoms with Gasteiger partial charge in [-0.05, 0) is 19.8 Å². The third kappa shape index (κ3) is 3.06. The topological polar surface area (TPSA) is 44.8 Å². The lowest BCUT2D eigenvalue weighted by Gasteiger charge is -2.38. The highest BCUT2D eigenvalue weighted by Crippen LogP contribution is 2.35. The van der Waals surface area contributed by atoms with Crippen LogP contribution in [0, 0.1) is 5.41 Å². The molecule has 1 aliphatic heterocycles. The summed E-state index contributed by atoms with van der Waals surface area (Å²) in [6.45, 7) is 8.04. The predicted molar refractivity (Wildman–Crippen MR) is 60.1 cm³/mol. The maximum Gasteiger partial charge on any atom is 0.316 e. The minimum absolute atomic E-state index is 0.178. The standard InChI is InChI=1S/C12H20O4/c1-4-15-7-10(2)5-6-12(8-16-9-12)11(13)14-3/h2,4-9H2,1,3H3. The van der Waals surface area contributed by atoms with Crippen LogP contribution in [-0.2, 0) is 19.0 Å². The van der Waals surface area contributed by atoms with Crippen LogP contribution in [0.5, 0.6) is 0 Å². The quantitative estimate of drug-likeness (QED) is 0.490. The SMILES string of the molecule is C=C(CCC1(C(=O)OC)COC1)COCC. The normalized spacial score (nSPS) is 17.6. The lowest BCUT2D eigenvalue weighted by Crippen LogP contribution is -2.49. The monoisotopic (exact) mass is 228 g/mol. The highest BCUT2D eigenvalue weighted by molar-refractivity contribution is 5.78. The molecule has 0 aromatic rings. The Kier molecular flexibility index (Phi) is 4.96. The average molecular weight is 228 g/mol. The molecule has 0 radical (unpaired) electrons. The zero-order chi connectivity index (χ0) is 12.0. The molecule has 0 aliphatic carbocycles. The Morgan fingerprint density at radius 3 is 2.62 bits per heavy atom. The summed E-state index contributed by atoms with van der Waals surface area (Å²) in [6, 6.07) is 0. The maximum atomic E-state index is 11.6. The zero-order valence-electron chi connectivity index (χ0n) is 10.1. The van der Waals surface area contributed by atoms with Crippen molar-refractivity contribution in [3.8, 4) is 0 Å². The van der Waals surface area contributed by atoms with Crippen LogP contribution in [0.2, 0.25) is 0 Å². The van der Waals surface area contributed by atoms with Crippen molar-refractivity contribution in [2.45, 2.75) is 19.8 Å². The average Bonchev–Trinajstić information content (AvgIpc) is 2.24. The lowest BCUT2D eigenvalue weighted by atomic mass is 9.80. The van der Waals surface area contributed by atoms with Crippen LogP contribution in [-0.4, -0.2) is 39.5 Å². The molecule has 0 aromatic carbocycles. The molecule has 1 saturated heterocycles. The van der Waals surface area contributed by atoms with Crippen LogP contribution in [0.4, 0.5) is 0 Å². The smallest absolute Gasteiger partial charge is 0.316 e. The molecule has 0 atom stereocenters. The number of hydrogen-bond acceptors (Lipinski definition) is 4. The fraction of sp³-hybridized carbons (Fsp3) is 0.750. The summed E-state index contributed by atoms with van der Waals surface area (Å²) >= 11 is 0. The Bertz CT molecular complexity index is 256. The van der Waals surface area contributed by atoms with Crippen molar-refractivity contribution in [2.24, 2.45) is 5.41 Å². The first-order valence-corrected chi connectivity index (χ1v) is 5.55. The summed E-state index contributed by atoms with van der Waals surface area (Å²) in [6.07, 6.45) is 1.50. The molecule has 92 valence electrons. The van der Waals surface area contributed by atoms with Crippen molar-refractivity contribution in [3.05, 3.63) is 12.2 Å². The van der Waals surface area contributed by atoms with E-state index < -0.39 is 5.41 Å². The van der Waals surface area contributed by atoms with Gasteiger partial charge in [-0.3, -0.25) is 4.79 Å².